The molecule has 0 aliphatic carbocycles. The highest BCUT2D eigenvalue weighted by Crippen LogP contribution is 2.25. The van der Waals surface area contributed by atoms with Gasteiger partial charge in [0.05, 0.1) is 6.10 Å². The number of hydrogen-bond acceptors (Lipinski definition) is 2. The van der Waals surface area contributed by atoms with Crippen molar-refractivity contribution < 1.29 is 9.90 Å². The van der Waals surface area contributed by atoms with Crippen molar-refractivity contribution in [3.63, 3.8) is 0 Å². The predicted octanol–water partition coefficient (Wildman–Crippen LogP) is 1.26. The molecule has 3 heteroatoms. The quantitative estimate of drug-likeness (QED) is 0.727. The van der Waals surface area contributed by atoms with Gasteiger partial charge in [0.1, 0.15) is 0 Å². The summed E-state index contributed by atoms with van der Waals surface area (Å²) in [5.41, 5.74) is 0. The summed E-state index contributed by atoms with van der Waals surface area (Å²) >= 11 is 0. The standard InChI is InChI=1S/C11H21NO2/c1-7(2)10-5-9(13)6-12(10)11(14)8(3)4/h7-10,13H,5-6H2,1-4H3/t9-,10+/m1/s1. The zero-order valence-corrected chi connectivity index (χ0v) is 9.53. The number of rotatable bonds is 2. The van der Waals surface area contributed by atoms with Gasteiger partial charge in [0.15, 0.2) is 0 Å². The van der Waals surface area contributed by atoms with E-state index in [9.17, 15) is 9.90 Å². The number of carbonyl (C=O) groups is 1. The van der Waals surface area contributed by atoms with Crippen LogP contribution < -0.4 is 0 Å². The summed E-state index contributed by atoms with van der Waals surface area (Å²) in [5, 5.41) is 9.56. The Morgan fingerprint density at radius 3 is 2.36 bits per heavy atom. The van der Waals surface area contributed by atoms with Crippen molar-refractivity contribution >= 4 is 5.91 Å². The number of hydrogen-bond donors (Lipinski definition) is 1. The molecule has 0 aromatic heterocycles. The van der Waals surface area contributed by atoms with E-state index in [-0.39, 0.29) is 24.0 Å². The molecule has 1 aliphatic heterocycles. The van der Waals surface area contributed by atoms with Gasteiger partial charge in [-0.2, -0.15) is 0 Å². The molecule has 0 radical (unpaired) electrons. The van der Waals surface area contributed by atoms with Crippen LogP contribution in [0.5, 0.6) is 0 Å². The van der Waals surface area contributed by atoms with Crippen LogP contribution in [0.25, 0.3) is 0 Å². The Bertz CT molecular complexity index is 213. The number of aliphatic hydroxyl groups is 1. The number of amides is 1. The van der Waals surface area contributed by atoms with Gasteiger partial charge in [-0.25, -0.2) is 0 Å². The van der Waals surface area contributed by atoms with Crippen molar-refractivity contribution in [2.75, 3.05) is 6.54 Å². The zero-order valence-electron chi connectivity index (χ0n) is 9.53. The Balaban J connectivity index is 2.71. The second kappa shape index (κ2) is 4.30. The molecule has 0 unspecified atom stereocenters. The van der Waals surface area contributed by atoms with Gasteiger partial charge in [0.25, 0.3) is 0 Å². The summed E-state index contributed by atoms with van der Waals surface area (Å²) in [4.78, 5) is 13.7. The lowest BCUT2D eigenvalue weighted by atomic mass is 10.0. The van der Waals surface area contributed by atoms with Gasteiger partial charge in [-0.3, -0.25) is 4.79 Å². The Morgan fingerprint density at radius 2 is 1.93 bits per heavy atom. The summed E-state index contributed by atoms with van der Waals surface area (Å²) in [6.07, 6.45) is 0.404. The van der Waals surface area contributed by atoms with Gasteiger partial charge >= 0.3 is 0 Å². The van der Waals surface area contributed by atoms with Crippen LogP contribution in [0, 0.1) is 11.8 Å². The maximum Gasteiger partial charge on any atom is 0.225 e. The van der Waals surface area contributed by atoms with Crippen LogP contribution in [-0.2, 0) is 4.79 Å². The van der Waals surface area contributed by atoms with E-state index in [0.29, 0.717) is 12.5 Å². The third-order valence-corrected chi connectivity index (χ3v) is 2.87. The van der Waals surface area contributed by atoms with Gasteiger partial charge in [-0.05, 0) is 12.3 Å². The summed E-state index contributed by atoms with van der Waals surface area (Å²) in [6.45, 7) is 8.53. The summed E-state index contributed by atoms with van der Waals surface area (Å²) in [5.74, 6) is 0.622. The molecule has 1 saturated heterocycles. The van der Waals surface area contributed by atoms with Crippen LogP contribution in [-0.4, -0.2) is 34.6 Å². The predicted molar refractivity (Wildman–Crippen MR) is 55.8 cm³/mol. The van der Waals surface area contributed by atoms with Crippen molar-refractivity contribution in [2.45, 2.75) is 46.3 Å². The topological polar surface area (TPSA) is 40.5 Å². The molecular weight excluding hydrogens is 178 g/mol. The highest BCUT2D eigenvalue weighted by molar-refractivity contribution is 5.78. The van der Waals surface area contributed by atoms with E-state index in [1.807, 2.05) is 18.7 Å². The summed E-state index contributed by atoms with van der Waals surface area (Å²) in [7, 11) is 0. The minimum Gasteiger partial charge on any atom is -0.391 e. The molecule has 1 aliphatic rings. The normalized spacial score (nSPS) is 27.8. The molecule has 0 bridgehead atoms. The first kappa shape index (κ1) is 11.5. The highest BCUT2D eigenvalue weighted by atomic mass is 16.3. The Kier molecular flexibility index (Phi) is 3.53. The Hall–Kier alpha value is -0.570. The first-order chi connectivity index (χ1) is 6.43. The minimum absolute atomic E-state index is 0.0292. The lowest BCUT2D eigenvalue weighted by Gasteiger charge is -2.28. The van der Waals surface area contributed by atoms with Crippen LogP contribution in [0.3, 0.4) is 0 Å². The number of aliphatic hydroxyl groups excluding tert-OH is 1. The van der Waals surface area contributed by atoms with Crippen LogP contribution in [0.1, 0.15) is 34.1 Å². The minimum atomic E-state index is -0.329. The molecule has 0 spiro atoms. The average molecular weight is 199 g/mol. The van der Waals surface area contributed by atoms with E-state index in [2.05, 4.69) is 13.8 Å². The number of β-amino-alcohol motifs (C(OH)–C–C–N with tert-alkyl or cyclic N) is 1. The van der Waals surface area contributed by atoms with E-state index in [1.165, 1.54) is 0 Å². The molecule has 14 heavy (non-hydrogen) atoms. The van der Waals surface area contributed by atoms with Gasteiger partial charge in [-0.15, -0.1) is 0 Å². The van der Waals surface area contributed by atoms with Crippen molar-refractivity contribution in [3.05, 3.63) is 0 Å². The molecular formula is C11H21NO2. The molecule has 3 nitrogen and oxygen atoms in total. The molecule has 0 saturated carbocycles. The van der Waals surface area contributed by atoms with Gasteiger partial charge < -0.3 is 10.0 Å². The zero-order chi connectivity index (χ0) is 10.9. The molecule has 1 fully saturated rings. The summed E-state index contributed by atoms with van der Waals surface area (Å²) in [6, 6.07) is 0.222. The second-order valence-electron chi connectivity index (χ2n) is 4.85. The molecule has 1 heterocycles. The fraction of sp³-hybridized carbons (Fsp3) is 0.909. The number of carbonyl (C=O) groups excluding carboxylic acids is 1. The molecule has 1 amide bonds. The van der Waals surface area contributed by atoms with E-state index >= 15 is 0 Å². The smallest absolute Gasteiger partial charge is 0.225 e. The van der Waals surface area contributed by atoms with Gasteiger partial charge in [-0.1, -0.05) is 27.7 Å². The lowest BCUT2D eigenvalue weighted by molar-refractivity contribution is -0.136. The summed E-state index contributed by atoms with van der Waals surface area (Å²) < 4.78 is 0. The molecule has 1 rings (SSSR count). The molecule has 1 N–H and O–H groups in total. The van der Waals surface area contributed by atoms with Crippen LogP contribution in [0.2, 0.25) is 0 Å². The molecule has 2 atom stereocenters. The lowest BCUT2D eigenvalue weighted by Crippen LogP contribution is -2.41. The van der Waals surface area contributed by atoms with Gasteiger partial charge in [0, 0.05) is 18.5 Å². The Morgan fingerprint density at radius 1 is 1.36 bits per heavy atom. The van der Waals surface area contributed by atoms with Crippen molar-refractivity contribution in [1.82, 2.24) is 4.90 Å². The maximum absolute atomic E-state index is 11.8. The van der Waals surface area contributed by atoms with Crippen molar-refractivity contribution in [3.8, 4) is 0 Å². The second-order valence-corrected chi connectivity index (χ2v) is 4.85. The molecule has 82 valence electrons. The third-order valence-electron chi connectivity index (χ3n) is 2.87. The van der Waals surface area contributed by atoms with Crippen LogP contribution in [0.15, 0.2) is 0 Å². The first-order valence-electron chi connectivity index (χ1n) is 5.42. The monoisotopic (exact) mass is 199 g/mol. The van der Waals surface area contributed by atoms with Crippen molar-refractivity contribution in [2.24, 2.45) is 11.8 Å². The largest absolute Gasteiger partial charge is 0.391 e. The Labute approximate surface area is 86.1 Å². The van der Waals surface area contributed by atoms with Crippen LogP contribution in [0.4, 0.5) is 0 Å². The van der Waals surface area contributed by atoms with Crippen LogP contribution >= 0.6 is 0 Å². The third kappa shape index (κ3) is 2.27. The fourth-order valence-corrected chi connectivity index (χ4v) is 2.06. The fourth-order valence-electron chi connectivity index (χ4n) is 2.06. The van der Waals surface area contributed by atoms with Crippen molar-refractivity contribution in [1.29, 1.82) is 0 Å². The maximum atomic E-state index is 11.8. The SMILES string of the molecule is CC(C)C(=O)N1C[C@H](O)C[C@H]1C(C)C. The molecule has 0 aromatic carbocycles. The van der Waals surface area contributed by atoms with E-state index in [4.69, 9.17) is 0 Å². The van der Waals surface area contributed by atoms with E-state index in [0.717, 1.165) is 6.42 Å². The highest BCUT2D eigenvalue weighted by Gasteiger charge is 2.36. The molecule has 0 aromatic rings. The number of nitrogens with zero attached hydrogens (tertiary/aromatic N) is 1. The van der Waals surface area contributed by atoms with Gasteiger partial charge in [0.2, 0.25) is 5.91 Å². The van der Waals surface area contributed by atoms with E-state index < -0.39 is 0 Å². The number of likely N-dealkylation sites (tertiary alicyclic amines) is 1. The first-order valence-corrected chi connectivity index (χ1v) is 5.42. The average Bonchev–Trinajstić information content (AvgIpc) is 2.45. The van der Waals surface area contributed by atoms with E-state index in [1.54, 1.807) is 0 Å².